The monoisotopic (exact) mass is 414 g/mol. The van der Waals surface area contributed by atoms with E-state index in [0.29, 0.717) is 22.6 Å². The number of hydrogen-bond donors (Lipinski definition) is 1. The second kappa shape index (κ2) is 7.63. The largest absolute Gasteiger partial charge is 0.455 e. The van der Waals surface area contributed by atoms with Crippen molar-refractivity contribution < 1.29 is 26.8 Å². The van der Waals surface area contributed by atoms with Gasteiger partial charge in [0, 0.05) is 12.2 Å². The van der Waals surface area contributed by atoms with Gasteiger partial charge in [-0.2, -0.15) is 13.2 Å². The van der Waals surface area contributed by atoms with Crippen LogP contribution in [0.4, 0.5) is 17.6 Å². The molecule has 5 nitrogen and oxygen atoms in total. The predicted octanol–water partition coefficient (Wildman–Crippen LogP) is 3.95. The number of amides is 1. The van der Waals surface area contributed by atoms with Crippen LogP contribution in [-0.2, 0) is 19.3 Å². The minimum atomic E-state index is -4.61. The van der Waals surface area contributed by atoms with E-state index in [1.54, 1.807) is 0 Å². The molecule has 3 rings (SSSR count). The van der Waals surface area contributed by atoms with Crippen LogP contribution >= 0.6 is 11.3 Å². The first kappa shape index (κ1) is 19.9. The number of nitrogens with zero attached hydrogens (tertiary/aromatic N) is 1. The van der Waals surface area contributed by atoms with Gasteiger partial charge in [0.05, 0.1) is 6.54 Å². The molecule has 0 bridgehead atoms. The molecule has 0 aliphatic heterocycles. The molecule has 0 spiro atoms. The highest BCUT2D eigenvalue weighted by atomic mass is 32.1. The van der Waals surface area contributed by atoms with E-state index in [1.807, 2.05) is 0 Å². The van der Waals surface area contributed by atoms with Crippen molar-refractivity contribution in [3.63, 3.8) is 0 Å². The Bertz CT molecular complexity index is 1050. The van der Waals surface area contributed by atoms with Gasteiger partial charge in [-0.15, -0.1) is 0 Å². The Balaban J connectivity index is 1.74. The number of alkyl halides is 3. The van der Waals surface area contributed by atoms with E-state index in [9.17, 15) is 27.2 Å². The SMILES string of the molecule is Cc1c(C(=O)NCc2ccc(F)cc2)sc(=O)n1Cc1ccc(C(F)(F)F)o1. The van der Waals surface area contributed by atoms with Crippen LogP contribution in [0.25, 0.3) is 0 Å². The van der Waals surface area contributed by atoms with Gasteiger partial charge in [0.15, 0.2) is 0 Å². The van der Waals surface area contributed by atoms with E-state index in [1.165, 1.54) is 35.8 Å². The average Bonchev–Trinajstić information content (AvgIpc) is 3.21. The average molecular weight is 414 g/mol. The van der Waals surface area contributed by atoms with E-state index in [-0.39, 0.29) is 23.7 Å². The molecular formula is C18H14F4N2O3S. The summed E-state index contributed by atoms with van der Waals surface area (Å²) in [6.07, 6.45) is -4.61. The number of rotatable bonds is 5. The summed E-state index contributed by atoms with van der Waals surface area (Å²) in [5.74, 6) is -2.10. The Morgan fingerprint density at radius 2 is 1.86 bits per heavy atom. The van der Waals surface area contributed by atoms with Crippen molar-refractivity contribution in [2.24, 2.45) is 0 Å². The summed E-state index contributed by atoms with van der Waals surface area (Å²) >= 11 is 0.690. The molecule has 0 fully saturated rings. The molecule has 2 aromatic heterocycles. The van der Waals surface area contributed by atoms with E-state index < -0.39 is 28.5 Å². The van der Waals surface area contributed by atoms with E-state index in [2.05, 4.69) is 5.32 Å². The normalized spacial score (nSPS) is 11.6. The maximum Gasteiger partial charge on any atom is 0.449 e. The molecule has 1 amide bonds. The molecule has 0 radical (unpaired) electrons. The zero-order chi connectivity index (χ0) is 20.5. The van der Waals surface area contributed by atoms with Gasteiger partial charge >= 0.3 is 11.0 Å². The van der Waals surface area contributed by atoms with Crippen molar-refractivity contribution in [3.05, 3.63) is 79.5 Å². The fourth-order valence-electron chi connectivity index (χ4n) is 2.51. The van der Waals surface area contributed by atoms with Crippen LogP contribution < -0.4 is 10.2 Å². The second-order valence-corrected chi connectivity index (χ2v) is 6.90. The van der Waals surface area contributed by atoms with Gasteiger partial charge in [-0.05, 0) is 36.8 Å². The lowest BCUT2D eigenvalue weighted by Gasteiger charge is -2.06. The molecule has 1 aromatic carbocycles. The Labute approximate surface area is 160 Å². The molecule has 0 unspecified atom stereocenters. The topological polar surface area (TPSA) is 64.2 Å². The summed E-state index contributed by atoms with van der Waals surface area (Å²) in [6, 6.07) is 7.50. The van der Waals surface area contributed by atoms with E-state index in [4.69, 9.17) is 4.42 Å². The van der Waals surface area contributed by atoms with Gasteiger partial charge in [-0.25, -0.2) is 4.39 Å². The third kappa shape index (κ3) is 4.33. The van der Waals surface area contributed by atoms with Crippen molar-refractivity contribution >= 4 is 17.2 Å². The molecule has 148 valence electrons. The van der Waals surface area contributed by atoms with Gasteiger partial charge in [0.1, 0.15) is 16.5 Å². The smallest absolute Gasteiger partial charge is 0.449 e. The number of benzene rings is 1. The number of hydrogen-bond acceptors (Lipinski definition) is 4. The molecule has 2 heterocycles. The van der Waals surface area contributed by atoms with Gasteiger partial charge in [0.2, 0.25) is 5.76 Å². The molecule has 28 heavy (non-hydrogen) atoms. The molecular weight excluding hydrogens is 400 g/mol. The van der Waals surface area contributed by atoms with Crippen molar-refractivity contribution in [1.82, 2.24) is 9.88 Å². The van der Waals surface area contributed by atoms with E-state index >= 15 is 0 Å². The van der Waals surface area contributed by atoms with Crippen LogP contribution in [-0.4, -0.2) is 10.5 Å². The lowest BCUT2D eigenvalue weighted by atomic mass is 10.2. The molecule has 0 atom stereocenters. The third-order valence-electron chi connectivity index (χ3n) is 3.97. The first-order valence-electron chi connectivity index (χ1n) is 8.04. The van der Waals surface area contributed by atoms with E-state index in [0.717, 1.165) is 12.1 Å². The first-order chi connectivity index (χ1) is 13.1. The predicted molar refractivity (Wildman–Crippen MR) is 93.7 cm³/mol. The summed E-state index contributed by atoms with van der Waals surface area (Å²) in [4.78, 5) is 24.2. The Kier molecular flexibility index (Phi) is 5.41. The van der Waals surface area contributed by atoms with Crippen LogP contribution in [0.1, 0.15) is 32.4 Å². The number of carbonyl (C=O) groups excluding carboxylic acids is 1. The summed E-state index contributed by atoms with van der Waals surface area (Å²) in [5, 5.41) is 2.63. The van der Waals surface area contributed by atoms with Crippen LogP contribution in [0.3, 0.4) is 0 Å². The number of nitrogens with one attached hydrogen (secondary N) is 1. The summed E-state index contributed by atoms with van der Waals surface area (Å²) in [6.45, 7) is 1.44. The van der Waals surface area contributed by atoms with Gasteiger partial charge in [0.25, 0.3) is 5.91 Å². The molecule has 0 saturated carbocycles. The lowest BCUT2D eigenvalue weighted by molar-refractivity contribution is -0.153. The molecule has 0 aliphatic carbocycles. The number of carbonyl (C=O) groups is 1. The highest BCUT2D eigenvalue weighted by Crippen LogP contribution is 2.30. The van der Waals surface area contributed by atoms with Crippen molar-refractivity contribution in [3.8, 4) is 0 Å². The molecule has 10 heteroatoms. The maximum atomic E-state index is 12.9. The molecule has 0 saturated heterocycles. The summed E-state index contributed by atoms with van der Waals surface area (Å²) in [7, 11) is 0. The van der Waals surface area contributed by atoms with Crippen LogP contribution in [0.5, 0.6) is 0 Å². The van der Waals surface area contributed by atoms with Gasteiger partial charge in [-0.3, -0.25) is 14.2 Å². The standard InChI is InChI=1S/C18H14F4N2O3S/c1-10-15(16(25)23-8-11-2-4-12(19)5-3-11)28-17(26)24(10)9-13-6-7-14(27-13)18(20,21)22/h2-7H,8-9H2,1H3,(H,23,25). The zero-order valence-electron chi connectivity index (χ0n) is 14.5. The Morgan fingerprint density at radius 3 is 2.46 bits per heavy atom. The molecule has 1 N–H and O–H groups in total. The van der Waals surface area contributed by atoms with Crippen molar-refractivity contribution in [1.29, 1.82) is 0 Å². The summed E-state index contributed by atoms with van der Waals surface area (Å²) in [5.41, 5.74) is 0.992. The Morgan fingerprint density at radius 1 is 1.18 bits per heavy atom. The second-order valence-electron chi connectivity index (χ2n) is 5.94. The van der Waals surface area contributed by atoms with Gasteiger partial charge in [-0.1, -0.05) is 23.5 Å². The van der Waals surface area contributed by atoms with Crippen LogP contribution in [0.2, 0.25) is 0 Å². The quantitative estimate of drug-likeness (QED) is 0.643. The highest BCUT2D eigenvalue weighted by molar-refractivity contribution is 7.11. The fourth-order valence-corrected chi connectivity index (χ4v) is 3.41. The van der Waals surface area contributed by atoms with Crippen LogP contribution in [0, 0.1) is 12.7 Å². The lowest BCUT2D eigenvalue weighted by Crippen LogP contribution is -2.23. The summed E-state index contributed by atoms with van der Waals surface area (Å²) < 4.78 is 56.7. The van der Waals surface area contributed by atoms with Crippen LogP contribution in [0.15, 0.2) is 45.6 Å². The highest BCUT2D eigenvalue weighted by Gasteiger charge is 2.34. The molecule has 3 aromatic rings. The van der Waals surface area contributed by atoms with Gasteiger partial charge < -0.3 is 9.73 Å². The number of halogens is 4. The molecule has 0 aliphatic rings. The first-order valence-corrected chi connectivity index (χ1v) is 8.85. The third-order valence-corrected chi connectivity index (χ3v) is 5.05. The van der Waals surface area contributed by atoms with Crippen molar-refractivity contribution in [2.75, 3.05) is 0 Å². The number of thiazole rings is 1. The Hall–Kier alpha value is -2.88. The number of aromatic nitrogens is 1. The number of furan rings is 1. The minimum Gasteiger partial charge on any atom is -0.455 e. The maximum absolute atomic E-state index is 12.9. The van der Waals surface area contributed by atoms with Crippen molar-refractivity contribution in [2.45, 2.75) is 26.2 Å². The minimum absolute atomic E-state index is 0.0476. The zero-order valence-corrected chi connectivity index (χ0v) is 15.3. The fraction of sp³-hybridized carbons (Fsp3) is 0.222.